The molecule has 0 aliphatic rings. The van der Waals surface area contributed by atoms with E-state index in [-0.39, 0.29) is 5.82 Å². The molecule has 1 heterocycles. The first-order valence-corrected chi connectivity index (χ1v) is 4.87. The highest BCUT2D eigenvalue weighted by Crippen LogP contribution is 2.11. The van der Waals surface area contributed by atoms with Crippen LogP contribution < -0.4 is 5.32 Å². The number of anilines is 1. The van der Waals surface area contributed by atoms with E-state index in [9.17, 15) is 4.39 Å². The van der Waals surface area contributed by atoms with Crippen LogP contribution in [0.1, 0.15) is 5.56 Å². The van der Waals surface area contributed by atoms with Crippen LogP contribution in [0.4, 0.5) is 9.39 Å². The van der Waals surface area contributed by atoms with Gasteiger partial charge in [0.05, 0.1) is 6.20 Å². The summed E-state index contributed by atoms with van der Waals surface area (Å²) in [5, 5.41) is 7.66. The minimum Gasteiger partial charge on any atom is -0.370 e. The molecule has 0 amide bonds. The maximum atomic E-state index is 12.8. The third-order valence-corrected chi connectivity index (χ3v) is 2.34. The lowest BCUT2D eigenvalue weighted by Gasteiger charge is -2.02. The SMILES string of the molecule is Fc1cccc(CNc2cnns2)c1. The molecule has 0 bridgehead atoms. The number of nitrogens with one attached hydrogen (secondary N) is 1. The van der Waals surface area contributed by atoms with E-state index in [0.29, 0.717) is 6.54 Å². The van der Waals surface area contributed by atoms with Crippen molar-refractivity contribution in [3.05, 3.63) is 41.8 Å². The van der Waals surface area contributed by atoms with Gasteiger partial charge in [-0.15, -0.1) is 5.10 Å². The predicted octanol–water partition coefficient (Wildman–Crippen LogP) is 2.29. The Hall–Kier alpha value is -1.49. The maximum Gasteiger partial charge on any atom is 0.130 e. The zero-order chi connectivity index (χ0) is 9.80. The Bertz CT molecular complexity index is 402. The minimum atomic E-state index is -0.216. The average molecular weight is 209 g/mol. The molecule has 0 aliphatic heterocycles. The van der Waals surface area contributed by atoms with Crippen LogP contribution in [0.15, 0.2) is 30.5 Å². The summed E-state index contributed by atoms with van der Waals surface area (Å²) in [6.45, 7) is 0.585. The quantitative estimate of drug-likeness (QED) is 0.842. The third kappa shape index (κ3) is 2.26. The highest BCUT2D eigenvalue weighted by Gasteiger charge is 1.97. The van der Waals surface area contributed by atoms with Crippen LogP contribution in [0.5, 0.6) is 0 Å². The Kier molecular flexibility index (Phi) is 2.69. The van der Waals surface area contributed by atoms with Crippen molar-refractivity contribution in [2.24, 2.45) is 0 Å². The number of nitrogens with zero attached hydrogens (tertiary/aromatic N) is 2. The molecule has 72 valence electrons. The van der Waals surface area contributed by atoms with Gasteiger partial charge in [0.1, 0.15) is 10.8 Å². The average Bonchev–Trinajstić information content (AvgIpc) is 2.67. The third-order valence-electron chi connectivity index (χ3n) is 1.72. The number of hydrogen-bond acceptors (Lipinski definition) is 4. The minimum absolute atomic E-state index is 0.216. The van der Waals surface area contributed by atoms with E-state index in [1.165, 1.54) is 23.7 Å². The van der Waals surface area contributed by atoms with Gasteiger partial charge in [0.15, 0.2) is 0 Å². The van der Waals surface area contributed by atoms with Gasteiger partial charge in [0, 0.05) is 18.1 Å². The molecule has 1 aromatic carbocycles. The van der Waals surface area contributed by atoms with Crippen LogP contribution >= 0.6 is 11.5 Å². The monoisotopic (exact) mass is 209 g/mol. The summed E-state index contributed by atoms with van der Waals surface area (Å²) >= 11 is 1.28. The second-order valence-electron chi connectivity index (χ2n) is 2.77. The van der Waals surface area contributed by atoms with Crippen molar-refractivity contribution in [3.8, 4) is 0 Å². The number of hydrogen-bond donors (Lipinski definition) is 1. The summed E-state index contributed by atoms with van der Waals surface area (Å²) in [5.41, 5.74) is 0.901. The van der Waals surface area contributed by atoms with E-state index in [0.717, 1.165) is 10.6 Å². The molecule has 0 atom stereocenters. The van der Waals surface area contributed by atoms with Gasteiger partial charge >= 0.3 is 0 Å². The fraction of sp³-hybridized carbons (Fsp3) is 0.111. The molecule has 0 aliphatic carbocycles. The Balaban J connectivity index is 1.98. The van der Waals surface area contributed by atoms with Gasteiger partial charge in [-0.05, 0) is 17.7 Å². The largest absolute Gasteiger partial charge is 0.370 e. The van der Waals surface area contributed by atoms with Crippen molar-refractivity contribution < 1.29 is 4.39 Å². The van der Waals surface area contributed by atoms with E-state index in [2.05, 4.69) is 14.9 Å². The molecule has 1 aromatic heterocycles. The van der Waals surface area contributed by atoms with Crippen molar-refractivity contribution >= 4 is 16.5 Å². The molecule has 2 aromatic rings. The second-order valence-corrected chi connectivity index (χ2v) is 3.55. The molecule has 0 saturated heterocycles. The Morgan fingerprint density at radius 2 is 2.36 bits per heavy atom. The fourth-order valence-corrected chi connectivity index (χ4v) is 1.49. The van der Waals surface area contributed by atoms with Crippen LogP contribution in [0.3, 0.4) is 0 Å². The van der Waals surface area contributed by atoms with Crippen LogP contribution in [-0.4, -0.2) is 9.59 Å². The van der Waals surface area contributed by atoms with Crippen LogP contribution in [0.2, 0.25) is 0 Å². The summed E-state index contributed by atoms with van der Waals surface area (Å²) < 4.78 is 16.5. The Morgan fingerprint density at radius 3 is 3.07 bits per heavy atom. The van der Waals surface area contributed by atoms with Gasteiger partial charge in [0.25, 0.3) is 0 Å². The predicted molar refractivity (Wildman–Crippen MR) is 53.6 cm³/mol. The standard InChI is InChI=1S/C9H8FN3S/c10-8-3-1-2-7(4-8)5-11-9-6-12-13-14-9/h1-4,6,11H,5H2. The normalized spacial score (nSPS) is 10.1. The van der Waals surface area contributed by atoms with Gasteiger partial charge < -0.3 is 5.32 Å². The van der Waals surface area contributed by atoms with E-state index >= 15 is 0 Å². The number of aromatic nitrogens is 2. The lowest BCUT2D eigenvalue weighted by Crippen LogP contribution is -1.97. The van der Waals surface area contributed by atoms with E-state index in [1.54, 1.807) is 12.3 Å². The molecule has 2 rings (SSSR count). The van der Waals surface area contributed by atoms with Crippen molar-refractivity contribution in [3.63, 3.8) is 0 Å². The Labute approximate surface area is 84.8 Å². The molecule has 0 saturated carbocycles. The lowest BCUT2D eigenvalue weighted by molar-refractivity contribution is 0.626. The summed E-state index contributed by atoms with van der Waals surface area (Å²) in [7, 11) is 0. The summed E-state index contributed by atoms with van der Waals surface area (Å²) in [6, 6.07) is 6.49. The molecular formula is C9H8FN3S. The zero-order valence-corrected chi connectivity index (χ0v) is 8.09. The fourth-order valence-electron chi connectivity index (χ4n) is 1.08. The molecule has 0 spiro atoms. The summed E-state index contributed by atoms with van der Waals surface area (Å²) in [6.07, 6.45) is 1.64. The van der Waals surface area contributed by atoms with Gasteiger partial charge in [-0.2, -0.15) is 0 Å². The van der Waals surface area contributed by atoms with Crippen molar-refractivity contribution in [2.75, 3.05) is 5.32 Å². The number of rotatable bonds is 3. The van der Waals surface area contributed by atoms with Gasteiger partial charge in [-0.3, -0.25) is 0 Å². The molecular weight excluding hydrogens is 201 g/mol. The van der Waals surface area contributed by atoms with E-state index in [1.807, 2.05) is 6.07 Å². The molecule has 0 fully saturated rings. The van der Waals surface area contributed by atoms with Gasteiger partial charge in [-0.1, -0.05) is 16.6 Å². The summed E-state index contributed by atoms with van der Waals surface area (Å²) in [4.78, 5) is 0. The second kappa shape index (κ2) is 4.15. The van der Waals surface area contributed by atoms with Crippen molar-refractivity contribution in [1.29, 1.82) is 0 Å². The zero-order valence-electron chi connectivity index (χ0n) is 7.27. The van der Waals surface area contributed by atoms with Gasteiger partial charge in [-0.25, -0.2) is 4.39 Å². The van der Waals surface area contributed by atoms with Crippen LogP contribution in [0.25, 0.3) is 0 Å². The molecule has 0 unspecified atom stereocenters. The molecule has 14 heavy (non-hydrogen) atoms. The molecule has 5 heteroatoms. The first-order valence-electron chi connectivity index (χ1n) is 4.10. The smallest absolute Gasteiger partial charge is 0.130 e. The summed E-state index contributed by atoms with van der Waals surface area (Å²) in [5.74, 6) is -0.216. The van der Waals surface area contributed by atoms with E-state index < -0.39 is 0 Å². The molecule has 0 radical (unpaired) electrons. The Morgan fingerprint density at radius 1 is 1.43 bits per heavy atom. The van der Waals surface area contributed by atoms with Crippen LogP contribution in [0, 0.1) is 5.82 Å². The van der Waals surface area contributed by atoms with Crippen molar-refractivity contribution in [2.45, 2.75) is 6.54 Å². The lowest BCUT2D eigenvalue weighted by atomic mass is 10.2. The molecule has 1 N–H and O–H groups in total. The maximum absolute atomic E-state index is 12.8. The number of halogens is 1. The van der Waals surface area contributed by atoms with E-state index in [4.69, 9.17) is 0 Å². The first-order chi connectivity index (χ1) is 6.84. The molecule has 3 nitrogen and oxygen atoms in total. The first kappa shape index (κ1) is 9.08. The van der Waals surface area contributed by atoms with Gasteiger partial charge in [0.2, 0.25) is 0 Å². The highest BCUT2D eigenvalue weighted by molar-refractivity contribution is 7.09. The van der Waals surface area contributed by atoms with Crippen molar-refractivity contribution in [1.82, 2.24) is 9.59 Å². The number of benzene rings is 1. The highest BCUT2D eigenvalue weighted by atomic mass is 32.1. The van der Waals surface area contributed by atoms with Crippen LogP contribution in [-0.2, 0) is 6.54 Å². The topological polar surface area (TPSA) is 37.8 Å².